The van der Waals surface area contributed by atoms with Gasteiger partial charge in [0.15, 0.2) is 0 Å². The molecule has 3 nitrogen and oxygen atoms in total. The van der Waals surface area contributed by atoms with E-state index in [9.17, 15) is 0 Å². The van der Waals surface area contributed by atoms with E-state index in [0.717, 1.165) is 31.8 Å². The van der Waals surface area contributed by atoms with Crippen molar-refractivity contribution in [2.75, 3.05) is 19.6 Å². The molecule has 3 N–H and O–H groups in total. The van der Waals surface area contributed by atoms with E-state index in [4.69, 9.17) is 11.1 Å². The van der Waals surface area contributed by atoms with Crippen LogP contribution in [-0.2, 0) is 0 Å². The second-order valence-corrected chi connectivity index (χ2v) is 5.74. The number of hydrogen-bond donors (Lipinski definition) is 2. The lowest BCUT2D eigenvalue weighted by molar-refractivity contribution is 0.259. The predicted molar refractivity (Wildman–Crippen MR) is 69.8 cm³/mol. The van der Waals surface area contributed by atoms with Crippen LogP contribution in [0.2, 0.25) is 0 Å². The molecule has 1 aliphatic carbocycles. The van der Waals surface area contributed by atoms with Gasteiger partial charge in [-0.05, 0) is 44.7 Å². The molecule has 0 radical (unpaired) electrons. The third-order valence-corrected chi connectivity index (χ3v) is 3.67. The van der Waals surface area contributed by atoms with E-state index in [-0.39, 0.29) is 5.41 Å². The Balaban J connectivity index is 2.19. The first kappa shape index (κ1) is 13.5. The van der Waals surface area contributed by atoms with Gasteiger partial charge in [0.1, 0.15) is 0 Å². The van der Waals surface area contributed by atoms with Crippen molar-refractivity contribution in [2.45, 2.75) is 46.5 Å². The lowest BCUT2D eigenvalue weighted by Gasteiger charge is -2.25. The Morgan fingerprint density at radius 3 is 2.50 bits per heavy atom. The highest BCUT2D eigenvalue weighted by Crippen LogP contribution is 2.30. The highest BCUT2D eigenvalue weighted by molar-refractivity contribution is 5.82. The van der Waals surface area contributed by atoms with Crippen LogP contribution in [0.25, 0.3) is 0 Å². The zero-order valence-corrected chi connectivity index (χ0v) is 11.1. The summed E-state index contributed by atoms with van der Waals surface area (Å²) < 4.78 is 0. The summed E-state index contributed by atoms with van der Waals surface area (Å²) in [6.07, 6.45) is 5.02. The van der Waals surface area contributed by atoms with E-state index in [2.05, 4.69) is 25.7 Å². The Bertz CT molecular complexity index is 231. The summed E-state index contributed by atoms with van der Waals surface area (Å²) in [6, 6.07) is 0. The molecule has 0 saturated heterocycles. The molecule has 16 heavy (non-hydrogen) atoms. The molecule has 0 aliphatic heterocycles. The normalized spacial score (nSPS) is 16.8. The number of nitrogens with one attached hydrogen (secondary N) is 1. The average Bonchev–Trinajstić information content (AvgIpc) is 2.99. The van der Waals surface area contributed by atoms with Gasteiger partial charge in [-0.15, -0.1) is 0 Å². The van der Waals surface area contributed by atoms with E-state index >= 15 is 0 Å². The fourth-order valence-electron chi connectivity index (χ4n) is 1.92. The molecule has 1 rings (SSSR count). The van der Waals surface area contributed by atoms with Gasteiger partial charge in [-0.2, -0.15) is 0 Å². The average molecular weight is 225 g/mol. The quantitative estimate of drug-likeness (QED) is 0.492. The molecule has 0 aromatic heterocycles. The molecule has 3 heteroatoms. The van der Waals surface area contributed by atoms with Crippen LogP contribution >= 0.6 is 0 Å². The van der Waals surface area contributed by atoms with E-state index < -0.39 is 0 Å². The Morgan fingerprint density at radius 2 is 2.06 bits per heavy atom. The van der Waals surface area contributed by atoms with Gasteiger partial charge in [0, 0.05) is 12.0 Å². The van der Waals surface area contributed by atoms with Gasteiger partial charge in [0.05, 0.1) is 5.84 Å². The third-order valence-electron chi connectivity index (χ3n) is 3.67. The molecule has 0 atom stereocenters. The van der Waals surface area contributed by atoms with E-state index in [1.165, 1.54) is 19.4 Å². The molecule has 0 bridgehead atoms. The zero-order valence-electron chi connectivity index (χ0n) is 11.1. The number of hydrogen-bond acceptors (Lipinski definition) is 2. The van der Waals surface area contributed by atoms with Crippen molar-refractivity contribution < 1.29 is 0 Å². The van der Waals surface area contributed by atoms with Crippen molar-refractivity contribution in [3.63, 3.8) is 0 Å². The van der Waals surface area contributed by atoms with Gasteiger partial charge in [0.25, 0.3) is 0 Å². The first-order valence-corrected chi connectivity index (χ1v) is 6.52. The first-order valence-electron chi connectivity index (χ1n) is 6.52. The molecule has 1 saturated carbocycles. The van der Waals surface area contributed by atoms with Gasteiger partial charge in [-0.1, -0.05) is 20.8 Å². The molecule has 0 aromatic rings. The Labute approximate surface area is 99.9 Å². The molecule has 0 aromatic carbocycles. The topological polar surface area (TPSA) is 53.1 Å². The molecule has 0 amide bonds. The fourth-order valence-corrected chi connectivity index (χ4v) is 1.92. The monoisotopic (exact) mass is 225 g/mol. The van der Waals surface area contributed by atoms with Crippen molar-refractivity contribution >= 4 is 5.84 Å². The lowest BCUT2D eigenvalue weighted by Crippen LogP contribution is -2.33. The molecular formula is C13H27N3. The molecule has 1 aliphatic rings. The van der Waals surface area contributed by atoms with Crippen molar-refractivity contribution in [3.05, 3.63) is 0 Å². The largest absolute Gasteiger partial charge is 0.387 e. The van der Waals surface area contributed by atoms with Crippen LogP contribution in [0.1, 0.15) is 46.5 Å². The minimum atomic E-state index is -0.126. The van der Waals surface area contributed by atoms with Gasteiger partial charge in [0.2, 0.25) is 0 Å². The smallest absolute Gasteiger partial charge is 0.0963 e. The molecular weight excluding hydrogens is 198 g/mol. The number of rotatable bonds is 8. The minimum absolute atomic E-state index is 0.126. The molecule has 0 heterocycles. The Morgan fingerprint density at radius 1 is 1.44 bits per heavy atom. The third kappa shape index (κ3) is 4.52. The summed E-state index contributed by atoms with van der Waals surface area (Å²) in [5.41, 5.74) is 5.45. The summed E-state index contributed by atoms with van der Waals surface area (Å²) in [7, 11) is 0. The summed E-state index contributed by atoms with van der Waals surface area (Å²) in [5, 5.41) is 7.51. The van der Waals surface area contributed by atoms with Crippen molar-refractivity contribution in [1.82, 2.24) is 4.90 Å². The van der Waals surface area contributed by atoms with Crippen LogP contribution < -0.4 is 5.73 Å². The van der Waals surface area contributed by atoms with Crippen LogP contribution in [0.3, 0.4) is 0 Å². The summed E-state index contributed by atoms with van der Waals surface area (Å²) in [4.78, 5) is 2.54. The van der Waals surface area contributed by atoms with Crippen LogP contribution in [0.4, 0.5) is 0 Å². The van der Waals surface area contributed by atoms with Crippen molar-refractivity contribution in [1.29, 1.82) is 5.41 Å². The standard InChI is InChI=1S/C13H27N3/c1-4-16(10-11-6-7-11)9-5-8-13(2,3)12(14)15/h11H,4-10H2,1-3H3,(H3,14,15). The van der Waals surface area contributed by atoms with Gasteiger partial charge >= 0.3 is 0 Å². The van der Waals surface area contributed by atoms with E-state index in [1.54, 1.807) is 0 Å². The fraction of sp³-hybridized carbons (Fsp3) is 0.923. The maximum Gasteiger partial charge on any atom is 0.0963 e. The van der Waals surface area contributed by atoms with Gasteiger partial charge < -0.3 is 10.6 Å². The highest BCUT2D eigenvalue weighted by atomic mass is 15.1. The summed E-state index contributed by atoms with van der Waals surface area (Å²) in [5.74, 6) is 1.29. The van der Waals surface area contributed by atoms with E-state index in [1.807, 2.05) is 0 Å². The molecule has 1 fully saturated rings. The SMILES string of the molecule is CCN(CCCC(C)(C)C(=N)N)CC1CC1. The lowest BCUT2D eigenvalue weighted by atomic mass is 9.86. The first-order chi connectivity index (χ1) is 7.45. The van der Waals surface area contributed by atoms with Crippen LogP contribution in [-0.4, -0.2) is 30.4 Å². The van der Waals surface area contributed by atoms with Gasteiger partial charge in [-0.3, -0.25) is 5.41 Å². The maximum atomic E-state index is 7.51. The van der Waals surface area contributed by atoms with Crippen LogP contribution in [0.15, 0.2) is 0 Å². The Hall–Kier alpha value is -0.570. The summed E-state index contributed by atoms with van der Waals surface area (Å²) >= 11 is 0. The van der Waals surface area contributed by atoms with E-state index in [0.29, 0.717) is 5.84 Å². The zero-order chi connectivity index (χ0) is 12.2. The van der Waals surface area contributed by atoms with Crippen molar-refractivity contribution in [3.8, 4) is 0 Å². The number of nitrogens with two attached hydrogens (primary N) is 1. The second kappa shape index (κ2) is 5.67. The Kier molecular flexibility index (Phi) is 4.78. The van der Waals surface area contributed by atoms with Crippen LogP contribution in [0.5, 0.6) is 0 Å². The minimum Gasteiger partial charge on any atom is -0.387 e. The second-order valence-electron chi connectivity index (χ2n) is 5.74. The predicted octanol–water partition coefficient (Wildman–Crippen LogP) is 2.46. The molecule has 0 unspecified atom stereocenters. The number of amidine groups is 1. The van der Waals surface area contributed by atoms with Crippen LogP contribution in [0, 0.1) is 16.7 Å². The molecule has 0 spiro atoms. The summed E-state index contributed by atoms with van der Waals surface area (Å²) in [6.45, 7) is 9.94. The van der Waals surface area contributed by atoms with Crippen molar-refractivity contribution in [2.24, 2.45) is 17.1 Å². The maximum absolute atomic E-state index is 7.51. The highest BCUT2D eigenvalue weighted by Gasteiger charge is 2.24. The number of nitrogens with zero attached hydrogens (tertiary/aromatic N) is 1. The van der Waals surface area contributed by atoms with Gasteiger partial charge in [-0.25, -0.2) is 0 Å². The molecule has 94 valence electrons.